The Morgan fingerprint density at radius 1 is 1.12 bits per heavy atom. The first kappa shape index (κ1) is 18.7. The van der Waals surface area contributed by atoms with Gasteiger partial charge in [-0.3, -0.25) is 9.59 Å². The number of para-hydroxylation sites is 1. The second kappa shape index (κ2) is 7.68. The number of amides is 2. The number of hydrogen-bond acceptors (Lipinski definition) is 2. The van der Waals surface area contributed by atoms with E-state index in [4.69, 9.17) is 23.2 Å². The van der Waals surface area contributed by atoms with Gasteiger partial charge in [0.2, 0.25) is 11.8 Å². The Hall–Kier alpha value is -2.04. The van der Waals surface area contributed by atoms with E-state index in [0.29, 0.717) is 35.9 Å². The van der Waals surface area contributed by atoms with Gasteiger partial charge in [0, 0.05) is 29.3 Å². The van der Waals surface area contributed by atoms with Crippen molar-refractivity contribution in [3.05, 3.63) is 64.1 Å². The first-order valence-electron chi connectivity index (χ1n) is 8.49. The average molecular weight is 391 g/mol. The second-order valence-corrected chi connectivity index (χ2v) is 7.37. The van der Waals surface area contributed by atoms with E-state index in [1.807, 2.05) is 36.4 Å². The predicted octanol–water partition coefficient (Wildman–Crippen LogP) is 4.10. The molecule has 3 rings (SSSR count). The van der Waals surface area contributed by atoms with Gasteiger partial charge in [-0.15, -0.1) is 0 Å². The van der Waals surface area contributed by atoms with Crippen molar-refractivity contribution in [1.82, 2.24) is 5.32 Å². The zero-order chi connectivity index (χ0) is 18.7. The molecule has 4 nitrogen and oxygen atoms in total. The fourth-order valence-electron chi connectivity index (χ4n) is 2.96. The van der Waals surface area contributed by atoms with Gasteiger partial charge in [-0.05, 0) is 49.1 Å². The van der Waals surface area contributed by atoms with Crippen LogP contribution in [0.25, 0.3) is 0 Å². The van der Waals surface area contributed by atoms with Crippen molar-refractivity contribution < 1.29 is 9.59 Å². The van der Waals surface area contributed by atoms with Gasteiger partial charge in [0.25, 0.3) is 0 Å². The molecular formula is C20H20Cl2N2O2. The Bertz CT molecular complexity index is 820. The van der Waals surface area contributed by atoms with Gasteiger partial charge < -0.3 is 10.2 Å². The molecule has 0 unspecified atom stereocenters. The highest BCUT2D eigenvalue weighted by molar-refractivity contribution is 6.35. The molecule has 0 radical (unpaired) electrons. The van der Waals surface area contributed by atoms with Crippen molar-refractivity contribution in [3.8, 4) is 0 Å². The number of nitrogens with zero attached hydrogens (tertiary/aromatic N) is 1. The average Bonchev–Trinajstić information content (AvgIpc) is 3.45. The number of benzene rings is 2. The van der Waals surface area contributed by atoms with Crippen molar-refractivity contribution >= 4 is 40.7 Å². The summed E-state index contributed by atoms with van der Waals surface area (Å²) in [6.45, 7) is 0.421. The van der Waals surface area contributed by atoms with Crippen LogP contribution in [0.3, 0.4) is 0 Å². The van der Waals surface area contributed by atoms with Crippen LogP contribution >= 0.6 is 23.2 Å². The van der Waals surface area contributed by atoms with Gasteiger partial charge in [0.15, 0.2) is 0 Å². The largest absolute Gasteiger partial charge is 0.355 e. The molecule has 0 atom stereocenters. The lowest BCUT2D eigenvalue weighted by Crippen LogP contribution is -2.44. The predicted molar refractivity (Wildman–Crippen MR) is 105 cm³/mol. The molecule has 2 amide bonds. The highest BCUT2D eigenvalue weighted by atomic mass is 35.5. The van der Waals surface area contributed by atoms with Crippen LogP contribution in [0.15, 0.2) is 48.5 Å². The topological polar surface area (TPSA) is 49.4 Å². The molecule has 2 aromatic carbocycles. The Balaban J connectivity index is 1.59. The number of nitrogens with one attached hydrogen (secondary N) is 1. The van der Waals surface area contributed by atoms with Crippen LogP contribution in [-0.2, 0) is 16.0 Å². The summed E-state index contributed by atoms with van der Waals surface area (Å²) in [6, 6.07) is 14.6. The quantitative estimate of drug-likeness (QED) is 0.754. The van der Waals surface area contributed by atoms with E-state index in [1.165, 1.54) is 0 Å². The number of rotatable bonds is 6. The maximum Gasteiger partial charge on any atom is 0.242 e. The summed E-state index contributed by atoms with van der Waals surface area (Å²) in [7, 11) is 1.71. The molecule has 2 aromatic rings. The highest BCUT2D eigenvalue weighted by Crippen LogP contribution is 2.47. The zero-order valence-corrected chi connectivity index (χ0v) is 16.0. The monoisotopic (exact) mass is 390 g/mol. The molecule has 0 bridgehead atoms. The Kier molecular flexibility index (Phi) is 5.54. The lowest BCUT2D eigenvalue weighted by Gasteiger charge is -2.23. The van der Waals surface area contributed by atoms with Gasteiger partial charge in [-0.2, -0.15) is 0 Å². The van der Waals surface area contributed by atoms with E-state index in [9.17, 15) is 9.59 Å². The molecule has 0 heterocycles. The molecule has 1 saturated carbocycles. The summed E-state index contributed by atoms with van der Waals surface area (Å²) in [5, 5.41) is 4.04. The van der Waals surface area contributed by atoms with Crippen molar-refractivity contribution in [1.29, 1.82) is 0 Å². The van der Waals surface area contributed by atoms with Crippen molar-refractivity contribution in [2.24, 2.45) is 5.41 Å². The smallest absolute Gasteiger partial charge is 0.242 e. The SMILES string of the molecule is CN(C(=O)C1(C(=O)NCCc2ccc(Cl)cc2Cl)CC1)c1ccccc1. The van der Waals surface area contributed by atoms with Crippen LogP contribution in [-0.4, -0.2) is 25.4 Å². The standard InChI is InChI=1S/C20H20Cl2N2O2/c1-24(16-5-3-2-4-6-16)19(26)20(10-11-20)18(25)23-12-9-14-7-8-15(21)13-17(14)22/h2-8,13H,9-12H2,1H3,(H,23,25). The first-order chi connectivity index (χ1) is 12.4. The van der Waals surface area contributed by atoms with Gasteiger partial charge in [0.05, 0.1) is 0 Å². The summed E-state index contributed by atoms with van der Waals surface area (Å²) >= 11 is 12.0. The van der Waals surface area contributed by atoms with Gasteiger partial charge in [0.1, 0.15) is 5.41 Å². The molecule has 0 saturated heterocycles. The summed E-state index contributed by atoms with van der Waals surface area (Å²) in [4.78, 5) is 27.0. The molecular weight excluding hydrogens is 371 g/mol. The molecule has 0 aliphatic heterocycles. The fourth-order valence-corrected chi connectivity index (χ4v) is 3.46. The third kappa shape index (κ3) is 3.87. The number of anilines is 1. The third-order valence-electron chi connectivity index (χ3n) is 4.74. The third-order valence-corrected chi connectivity index (χ3v) is 5.32. The zero-order valence-electron chi connectivity index (χ0n) is 14.5. The Morgan fingerprint density at radius 2 is 1.81 bits per heavy atom. The Morgan fingerprint density at radius 3 is 2.42 bits per heavy atom. The molecule has 1 N–H and O–H groups in total. The lowest BCUT2D eigenvalue weighted by atomic mass is 10.0. The summed E-state index contributed by atoms with van der Waals surface area (Å²) in [5.74, 6) is -0.374. The number of carbonyl (C=O) groups is 2. The molecule has 1 aliphatic rings. The molecule has 0 spiro atoms. The number of halogens is 2. The minimum absolute atomic E-state index is 0.161. The minimum atomic E-state index is -0.936. The maximum absolute atomic E-state index is 12.8. The van der Waals surface area contributed by atoms with Gasteiger partial charge >= 0.3 is 0 Å². The van der Waals surface area contributed by atoms with Crippen molar-refractivity contribution in [2.75, 3.05) is 18.5 Å². The molecule has 1 fully saturated rings. The molecule has 0 aromatic heterocycles. The molecule has 6 heteroatoms. The fraction of sp³-hybridized carbons (Fsp3) is 0.300. The van der Waals surface area contributed by atoms with Gasteiger partial charge in [-0.25, -0.2) is 0 Å². The molecule has 26 heavy (non-hydrogen) atoms. The van der Waals surface area contributed by atoms with Crippen LogP contribution in [0.2, 0.25) is 10.0 Å². The summed E-state index contributed by atoms with van der Waals surface area (Å²) < 4.78 is 0. The summed E-state index contributed by atoms with van der Waals surface area (Å²) in [6.07, 6.45) is 1.74. The van der Waals surface area contributed by atoms with E-state index >= 15 is 0 Å². The van der Waals surface area contributed by atoms with E-state index in [1.54, 1.807) is 24.1 Å². The molecule has 136 valence electrons. The van der Waals surface area contributed by atoms with Crippen LogP contribution < -0.4 is 10.2 Å². The van der Waals surface area contributed by atoms with Gasteiger partial charge in [-0.1, -0.05) is 47.5 Å². The summed E-state index contributed by atoms with van der Waals surface area (Å²) in [5.41, 5.74) is 0.757. The lowest BCUT2D eigenvalue weighted by molar-refractivity contribution is -0.135. The number of hydrogen-bond donors (Lipinski definition) is 1. The van der Waals surface area contributed by atoms with Crippen LogP contribution in [0, 0.1) is 5.41 Å². The molecule has 1 aliphatic carbocycles. The van der Waals surface area contributed by atoms with E-state index in [0.717, 1.165) is 11.3 Å². The maximum atomic E-state index is 12.8. The van der Waals surface area contributed by atoms with Crippen molar-refractivity contribution in [3.63, 3.8) is 0 Å². The minimum Gasteiger partial charge on any atom is -0.355 e. The van der Waals surface area contributed by atoms with Crippen LogP contribution in [0.1, 0.15) is 18.4 Å². The van der Waals surface area contributed by atoms with Crippen LogP contribution in [0.5, 0.6) is 0 Å². The second-order valence-electron chi connectivity index (χ2n) is 6.52. The number of carbonyl (C=O) groups excluding carboxylic acids is 2. The van der Waals surface area contributed by atoms with Crippen LogP contribution in [0.4, 0.5) is 5.69 Å². The first-order valence-corrected chi connectivity index (χ1v) is 9.25. The Labute approximate surface area is 163 Å². The van der Waals surface area contributed by atoms with E-state index < -0.39 is 5.41 Å². The van der Waals surface area contributed by atoms with Crippen molar-refractivity contribution in [2.45, 2.75) is 19.3 Å². The van der Waals surface area contributed by atoms with E-state index in [2.05, 4.69) is 5.32 Å². The van der Waals surface area contributed by atoms with E-state index in [-0.39, 0.29) is 11.8 Å². The normalized spacial score (nSPS) is 14.6. The highest BCUT2D eigenvalue weighted by Gasteiger charge is 2.57.